The van der Waals surface area contributed by atoms with Crippen LogP contribution in [0.15, 0.2) is 0 Å². The minimum absolute atomic E-state index is 0.423. The molecule has 0 radical (unpaired) electrons. The SMILES string of the molecule is COC(=O)[C@@H]1O[C@@H](OC)[C@H](NC(C)=O)[C@@H](O)[C@H]1O. The molecular formula is C10H17NO7. The van der Waals surface area contributed by atoms with Crippen molar-refractivity contribution in [2.45, 2.75) is 37.6 Å². The first-order valence-corrected chi connectivity index (χ1v) is 5.31. The maximum absolute atomic E-state index is 11.4. The molecule has 0 aromatic heterocycles. The van der Waals surface area contributed by atoms with Gasteiger partial charge in [0.15, 0.2) is 12.4 Å². The Morgan fingerprint density at radius 2 is 1.83 bits per heavy atom. The van der Waals surface area contributed by atoms with Crippen molar-refractivity contribution in [3.63, 3.8) is 0 Å². The molecule has 5 atom stereocenters. The molecule has 104 valence electrons. The fourth-order valence-electron chi connectivity index (χ4n) is 1.76. The van der Waals surface area contributed by atoms with Crippen LogP contribution in [0.2, 0.25) is 0 Å². The van der Waals surface area contributed by atoms with Crippen molar-refractivity contribution < 1.29 is 34.0 Å². The number of aliphatic hydroxyl groups is 2. The van der Waals surface area contributed by atoms with Crippen LogP contribution < -0.4 is 5.32 Å². The minimum Gasteiger partial charge on any atom is -0.467 e. The first kappa shape index (κ1) is 14.8. The average Bonchev–Trinajstić information content (AvgIpc) is 2.34. The number of hydrogen-bond acceptors (Lipinski definition) is 7. The molecule has 0 saturated carbocycles. The van der Waals surface area contributed by atoms with Crippen LogP contribution in [-0.2, 0) is 23.8 Å². The van der Waals surface area contributed by atoms with Crippen LogP contribution in [0.25, 0.3) is 0 Å². The number of hydrogen-bond donors (Lipinski definition) is 3. The molecule has 8 nitrogen and oxygen atoms in total. The lowest BCUT2D eigenvalue weighted by Gasteiger charge is -2.40. The van der Waals surface area contributed by atoms with Gasteiger partial charge in [-0.25, -0.2) is 4.79 Å². The molecule has 8 heteroatoms. The van der Waals surface area contributed by atoms with Gasteiger partial charge >= 0.3 is 5.97 Å². The van der Waals surface area contributed by atoms with Crippen molar-refractivity contribution in [3.05, 3.63) is 0 Å². The first-order valence-electron chi connectivity index (χ1n) is 5.31. The van der Waals surface area contributed by atoms with Crippen molar-refractivity contribution in [1.82, 2.24) is 5.32 Å². The Balaban J connectivity index is 2.87. The van der Waals surface area contributed by atoms with Gasteiger partial charge in [0.25, 0.3) is 0 Å². The second kappa shape index (κ2) is 6.10. The van der Waals surface area contributed by atoms with E-state index in [-0.39, 0.29) is 0 Å². The lowest BCUT2D eigenvalue weighted by atomic mass is 9.96. The van der Waals surface area contributed by atoms with Crippen LogP contribution in [0.5, 0.6) is 0 Å². The number of amides is 1. The summed E-state index contributed by atoms with van der Waals surface area (Å²) in [5.41, 5.74) is 0. The maximum Gasteiger partial charge on any atom is 0.337 e. The summed E-state index contributed by atoms with van der Waals surface area (Å²) in [6, 6.07) is -0.969. The Morgan fingerprint density at radius 1 is 1.22 bits per heavy atom. The first-order chi connectivity index (χ1) is 8.42. The number of rotatable bonds is 3. The lowest BCUT2D eigenvalue weighted by Crippen LogP contribution is -2.65. The van der Waals surface area contributed by atoms with Crippen molar-refractivity contribution in [2.75, 3.05) is 14.2 Å². The van der Waals surface area contributed by atoms with Gasteiger partial charge in [-0.1, -0.05) is 0 Å². The summed E-state index contributed by atoms with van der Waals surface area (Å²) in [6.07, 6.45) is -5.34. The van der Waals surface area contributed by atoms with Crippen LogP contribution in [0.3, 0.4) is 0 Å². The molecule has 1 aliphatic rings. The highest BCUT2D eigenvalue weighted by molar-refractivity contribution is 5.76. The quantitative estimate of drug-likeness (QED) is 0.493. The normalized spacial score (nSPS) is 35.9. The lowest BCUT2D eigenvalue weighted by molar-refractivity contribution is -0.258. The van der Waals surface area contributed by atoms with E-state index < -0.39 is 42.5 Å². The van der Waals surface area contributed by atoms with E-state index in [1.165, 1.54) is 14.0 Å². The zero-order valence-electron chi connectivity index (χ0n) is 10.3. The Kier molecular flexibility index (Phi) is 5.03. The summed E-state index contributed by atoms with van der Waals surface area (Å²) in [5.74, 6) is -1.25. The third-order valence-corrected chi connectivity index (χ3v) is 2.64. The number of carbonyl (C=O) groups excluding carboxylic acids is 2. The van der Waals surface area contributed by atoms with Gasteiger partial charge in [0.1, 0.15) is 18.2 Å². The fraction of sp³-hybridized carbons (Fsp3) is 0.800. The van der Waals surface area contributed by atoms with Crippen molar-refractivity contribution >= 4 is 11.9 Å². The van der Waals surface area contributed by atoms with Crippen molar-refractivity contribution in [3.8, 4) is 0 Å². The predicted molar refractivity (Wildman–Crippen MR) is 57.3 cm³/mol. The molecule has 3 N–H and O–H groups in total. The third-order valence-electron chi connectivity index (χ3n) is 2.64. The molecule has 0 unspecified atom stereocenters. The van der Waals surface area contributed by atoms with Crippen LogP contribution in [0.1, 0.15) is 6.92 Å². The summed E-state index contributed by atoms with van der Waals surface area (Å²) >= 11 is 0. The van der Waals surface area contributed by atoms with E-state index in [2.05, 4.69) is 10.1 Å². The van der Waals surface area contributed by atoms with Gasteiger partial charge in [-0.05, 0) is 0 Å². The molecule has 0 spiro atoms. The van der Waals surface area contributed by atoms with Crippen LogP contribution in [0, 0.1) is 0 Å². The van der Waals surface area contributed by atoms with E-state index in [0.717, 1.165) is 7.11 Å². The average molecular weight is 263 g/mol. The van der Waals surface area contributed by atoms with Gasteiger partial charge in [-0.2, -0.15) is 0 Å². The zero-order valence-corrected chi connectivity index (χ0v) is 10.3. The van der Waals surface area contributed by atoms with Crippen LogP contribution in [-0.4, -0.2) is 67.0 Å². The zero-order chi connectivity index (χ0) is 13.9. The summed E-state index contributed by atoms with van der Waals surface area (Å²) in [6.45, 7) is 1.25. The van der Waals surface area contributed by atoms with E-state index in [1.54, 1.807) is 0 Å². The van der Waals surface area contributed by atoms with Crippen molar-refractivity contribution in [1.29, 1.82) is 0 Å². The van der Waals surface area contributed by atoms with E-state index >= 15 is 0 Å². The highest BCUT2D eigenvalue weighted by atomic mass is 16.7. The van der Waals surface area contributed by atoms with Crippen LogP contribution >= 0.6 is 0 Å². The number of aliphatic hydroxyl groups excluding tert-OH is 2. The molecule has 1 amide bonds. The number of ether oxygens (including phenoxy) is 3. The minimum atomic E-state index is -1.51. The summed E-state index contributed by atoms with van der Waals surface area (Å²) in [7, 11) is 2.42. The molecule has 1 saturated heterocycles. The Labute approximate surface area is 104 Å². The predicted octanol–water partition coefficient (Wildman–Crippen LogP) is -2.24. The monoisotopic (exact) mass is 263 g/mol. The summed E-state index contributed by atoms with van der Waals surface area (Å²) in [4.78, 5) is 22.3. The Morgan fingerprint density at radius 3 is 2.28 bits per heavy atom. The molecule has 1 heterocycles. The molecule has 18 heavy (non-hydrogen) atoms. The Bertz CT molecular complexity index is 319. The fourth-order valence-corrected chi connectivity index (χ4v) is 1.76. The largest absolute Gasteiger partial charge is 0.467 e. The molecule has 0 bridgehead atoms. The molecular weight excluding hydrogens is 246 g/mol. The molecule has 0 aromatic rings. The highest BCUT2D eigenvalue weighted by Gasteiger charge is 2.48. The number of methoxy groups -OCH3 is 2. The highest BCUT2D eigenvalue weighted by Crippen LogP contribution is 2.22. The second-order valence-corrected chi connectivity index (χ2v) is 3.89. The smallest absolute Gasteiger partial charge is 0.337 e. The number of carbonyl (C=O) groups is 2. The summed E-state index contributed by atoms with van der Waals surface area (Å²) in [5, 5.41) is 22.0. The van der Waals surface area contributed by atoms with E-state index in [0.29, 0.717) is 0 Å². The number of esters is 1. The molecule has 1 rings (SSSR count). The number of nitrogens with one attached hydrogen (secondary N) is 1. The van der Waals surface area contributed by atoms with E-state index in [1.807, 2.05) is 0 Å². The standard InChI is InChI=1S/C10H17NO7/c1-4(12)11-5-6(13)7(14)8(9(15)16-2)18-10(5)17-3/h5-8,10,13-14H,1-3H3,(H,11,12)/t5-,6-,7-,8-,10-/m1/s1. The van der Waals surface area contributed by atoms with Gasteiger partial charge in [-0.3, -0.25) is 4.79 Å². The molecule has 1 fully saturated rings. The summed E-state index contributed by atoms with van der Waals surface area (Å²) < 4.78 is 14.5. The maximum atomic E-state index is 11.4. The van der Waals surface area contributed by atoms with E-state index in [4.69, 9.17) is 9.47 Å². The van der Waals surface area contributed by atoms with Crippen LogP contribution in [0.4, 0.5) is 0 Å². The molecule has 1 aliphatic heterocycles. The molecule has 0 aliphatic carbocycles. The van der Waals surface area contributed by atoms with Crippen molar-refractivity contribution in [2.24, 2.45) is 0 Å². The topological polar surface area (TPSA) is 114 Å². The third kappa shape index (κ3) is 2.96. The molecule has 0 aromatic carbocycles. The Hall–Kier alpha value is -1.22. The van der Waals surface area contributed by atoms with Gasteiger partial charge < -0.3 is 29.7 Å². The second-order valence-electron chi connectivity index (χ2n) is 3.89. The van der Waals surface area contributed by atoms with Gasteiger partial charge in [-0.15, -0.1) is 0 Å². The van der Waals surface area contributed by atoms with Gasteiger partial charge in [0.05, 0.1) is 7.11 Å². The van der Waals surface area contributed by atoms with Gasteiger partial charge in [0, 0.05) is 14.0 Å². The van der Waals surface area contributed by atoms with Gasteiger partial charge in [0.2, 0.25) is 5.91 Å². The van der Waals surface area contributed by atoms with E-state index in [9.17, 15) is 19.8 Å².